The van der Waals surface area contributed by atoms with Gasteiger partial charge in [0, 0.05) is 12.8 Å². The van der Waals surface area contributed by atoms with Crippen LogP contribution in [0.4, 0.5) is 0 Å². The molecule has 0 aromatic heterocycles. The van der Waals surface area contributed by atoms with Crippen LogP contribution >= 0.6 is 7.82 Å². The van der Waals surface area contributed by atoms with E-state index < -0.39 is 32.5 Å². The van der Waals surface area contributed by atoms with Crippen molar-refractivity contribution in [1.82, 2.24) is 0 Å². The smallest absolute Gasteiger partial charge is 0.462 e. The third-order valence-electron chi connectivity index (χ3n) is 6.86. The molecule has 1 atom stereocenters. The van der Waals surface area contributed by atoms with Crippen LogP contribution in [0.25, 0.3) is 0 Å². The molecule has 2 N–H and O–H groups in total. The van der Waals surface area contributed by atoms with Crippen LogP contribution in [0, 0.1) is 0 Å². The van der Waals surface area contributed by atoms with Gasteiger partial charge in [0.25, 0.3) is 0 Å². The van der Waals surface area contributed by atoms with E-state index in [1.165, 1.54) is 38.5 Å². The van der Waals surface area contributed by atoms with E-state index in [4.69, 9.17) is 19.3 Å². The highest BCUT2D eigenvalue weighted by molar-refractivity contribution is 7.46. The number of phosphoric acid groups is 1. The molecule has 0 aliphatic heterocycles. The summed E-state index contributed by atoms with van der Waals surface area (Å²) in [6, 6.07) is 0. The van der Waals surface area contributed by atoms with Gasteiger partial charge in [0.05, 0.1) is 6.61 Å². The minimum absolute atomic E-state index is 0.183. The molecule has 9 heteroatoms. The summed E-state index contributed by atoms with van der Waals surface area (Å²) >= 11 is 0. The van der Waals surface area contributed by atoms with Gasteiger partial charge in [-0.2, -0.15) is 0 Å². The Morgan fingerprint density at radius 3 is 1.64 bits per heavy atom. The summed E-state index contributed by atoms with van der Waals surface area (Å²) in [5.74, 6) is -0.920. The van der Waals surface area contributed by atoms with Crippen LogP contribution in [-0.4, -0.2) is 41.0 Å². The van der Waals surface area contributed by atoms with Crippen molar-refractivity contribution in [1.29, 1.82) is 0 Å². The van der Waals surface area contributed by atoms with E-state index in [2.05, 4.69) is 67.0 Å². The fraction of sp³-hybridized carbons (Fsp3) is 0.714. The minimum atomic E-state index is -4.75. The Hall–Kier alpha value is -1.99. The van der Waals surface area contributed by atoms with Gasteiger partial charge in [0.2, 0.25) is 0 Å². The lowest BCUT2D eigenvalue weighted by molar-refractivity contribution is -0.161. The second-order valence-electron chi connectivity index (χ2n) is 11.1. The molecule has 0 rings (SSSR count). The molecule has 0 aromatic carbocycles. The van der Waals surface area contributed by atoms with E-state index in [1.54, 1.807) is 0 Å². The van der Waals surface area contributed by atoms with E-state index in [0.717, 1.165) is 70.6 Å². The Bertz CT molecular complexity index is 859. The van der Waals surface area contributed by atoms with E-state index in [9.17, 15) is 14.2 Å². The SMILES string of the molecule is CC/C=C\C/C=C\C/C=C\C/C=C\CCCCCCC(=O)OC(COC(=O)CCCCCCCCCCC)COP(=O)(O)O. The van der Waals surface area contributed by atoms with Crippen molar-refractivity contribution in [2.45, 2.75) is 148 Å². The molecule has 8 nitrogen and oxygen atoms in total. The third kappa shape index (κ3) is 32.9. The molecule has 0 aromatic rings. The molecular formula is C35H61O8P. The first-order valence-corrected chi connectivity index (χ1v) is 18.5. The lowest BCUT2D eigenvalue weighted by Crippen LogP contribution is -2.29. The number of allylic oxidation sites excluding steroid dienone is 8. The summed E-state index contributed by atoms with van der Waals surface area (Å²) in [4.78, 5) is 42.5. The molecule has 0 heterocycles. The summed E-state index contributed by atoms with van der Waals surface area (Å²) < 4.78 is 26.2. The number of hydrogen-bond donors (Lipinski definition) is 2. The van der Waals surface area contributed by atoms with Crippen LogP contribution in [-0.2, 0) is 28.2 Å². The minimum Gasteiger partial charge on any atom is -0.462 e. The molecule has 0 fully saturated rings. The van der Waals surface area contributed by atoms with Gasteiger partial charge in [-0.25, -0.2) is 4.57 Å². The maximum atomic E-state index is 12.3. The van der Waals surface area contributed by atoms with Gasteiger partial charge in [0.1, 0.15) is 6.61 Å². The number of esters is 2. The largest absolute Gasteiger partial charge is 0.469 e. The standard InChI is InChI=1S/C35H61O8P/c1-3-5-7-9-11-13-14-15-16-17-18-19-20-22-24-26-28-30-35(37)43-33(32-42-44(38,39)40)31-41-34(36)29-27-25-23-21-12-10-8-6-4-2/h5,7,11,13,15-16,18-19,33H,3-4,6,8-10,12,14,17,20-32H2,1-2H3,(H2,38,39,40)/b7-5-,13-11-,16-15-,19-18-. The average Bonchev–Trinajstić information content (AvgIpc) is 2.98. The predicted molar refractivity (Wildman–Crippen MR) is 179 cm³/mol. The summed E-state index contributed by atoms with van der Waals surface area (Å²) in [5.41, 5.74) is 0. The van der Waals surface area contributed by atoms with Crippen LogP contribution in [0.5, 0.6) is 0 Å². The zero-order chi connectivity index (χ0) is 32.6. The number of rotatable bonds is 30. The molecule has 0 radical (unpaired) electrons. The summed E-state index contributed by atoms with van der Waals surface area (Å²) in [6.07, 6.45) is 35.5. The van der Waals surface area contributed by atoms with Crippen molar-refractivity contribution in [3.8, 4) is 0 Å². The predicted octanol–water partition coefficient (Wildman–Crippen LogP) is 9.62. The number of carbonyl (C=O) groups excluding carboxylic acids is 2. The molecule has 0 saturated carbocycles. The molecule has 0 bridgehead atoms. The van der Waals surface area contributed by atoms with Crippen LogP contribution in [0.3, 0.4) is 0 Å². The molecule has 0 spiro atoms. The Labute approximate surface area is 267 Å². The van der Waals surface area contributed by atoms with Crippen LogP contribution in [0.1, 0.15) is 142 Å². The number of phosphoric ester groups is 1. The van der Waals surface area contributed by atoms with Crippen molar-refractivity contribution in [2.75, 3.05) is 13.2 Å². The molecule has 44 heavy (non-hydrogen) atoms. The van der Waals surface area contributed by atoms with Crippen molar-refractivity contribution < 1.29 is 37.9 Å². The van der Waals surface area contributed by atoms with E-state index in [1.807, 2.05) is 0 Å². The first kappa shape index (κ1) is 42.0. The quantitative estimate of drug-likeness (QED) is 0.0345. The maximum absolute atomic E-state index is 12.3. The highest BCUT2D eigenvalue weighted by Gasteiger charge is 2.22. The molecule has 1 unspecified atom stereocenters. The van der Waals surface area contributed by atoms with E-state index >= 15 is 0 Å². The lowest BCUT2D eigenvalue weighted by Gasteiger charge is -2.18. The Balaban J connectivity index is 4.06. The zero-order valence-corrected chi connectivity index (χ0v) is 28.4. The van der Waals surface area contributed by atoms with Crippen LogP contribution < -0.4 is 0 Å². The van der Waals surface area contributed by atoms with Crippen molar-refractivity contribution in [3.05, 3.63) is 48.6 Å². The van der Waals surface area contributed by atoms with E-state index in [-0.39, 0.29) is 19.4 Å². The normalized spacial score (nSPS) is 13.1. The van der Waals surface area contributed by atoms with Gasteiger partial charge in [-0.3, -0.25) is 14.1 Å². The van der Waals surface area contributed by atoms with Gasteiger partial charge in [-0.1, -0.05) is 127 Å². The van der Waals surface area contributed by atoms with Crippen molar-refractivity contribution in [3.63, 3.8) is 0 Å². The summed E-state index contributed by atoms with van der Waals surface area (Å²) in [7, 11) is -4.75. The van der Waals surface area contributed by atoms with Crippen molar-refractivity contribution >= 4 is 19.8 Å². The van der Waals surface area contributed by atoms with Crippen LogP contribution in [0.2, 0.25) is 0 Å². The first-order chi connectivity index (χ1) is 21.3. The van der Waals surface area contributed by atoms with Gasteiger partial charge >= 0.3 is 19.8 Å². The molecule has 0 amide bonds. The molecule has 254 valence electrons. The highest BCUT2D eigenvalue weighted by Crippen LogP contribution is 2.35. The number of unbranched alkanes of at least 4 members (excludes halogenated alkanes) is 12. The second kappa shape index (κ2) is 31.0. The molecule has 0 saturated heterocycles. The lowest BCUT2D eigenvalue weighted by atomic mass is 10.1. The van der Waals surface area contributed by atoms with Crippen LogP contribution in [0.15, 0.2) is 48.6 Å². The molecule has 0 aliphatic carbocycles. The van der Waals surface area contributed by atoms with E-state index in [0.29, 0.717) is 6.42 Å². The topological polar surface area (TPSA) is 119 Å². The average molecular weight is 641 g/mol. The van der Waals surface area contributed by atoms with Gasteiger partial charge in [-0.05, 0) is 51.4 Å². The second-order valence-corrected chi connectivity index (χ2v) is 12.4. The first-order valence-electron chi connectivity index (χ1n) is 16.9. The van der Waals surface area contributed by atoms with Gasteiger partial charge < -0.3 is 19.3 Å². The fourth-order valence-corrected chi connectivity index (χ4v) is 4.72. The number of ether oxygens (including phenoxy) is 2. The highest BCUT2D eigenvalue weighted by atomic mass is 31.2. The number of hydrogen-bond acceptors (Lipinski definition) is 6. The Morgan fingerprint density at radius 2 is 1.09 bits per heavy atom. The molecule has 0 aliphatic rings. The van der Waals surface area contributed by atoms with Gasteiger partial charge in [0.15, 0.2) is 6.10 Å². The molecular weight excluding hydrogens is 579 g/mol. The zero-order valence-electron chi connectivity index (χ0n) is 27.5. The van der Waals surface area contributed by atoms with Crippen molar-refractivity contribution in [2.24, 2.45) is 0 Å². The summed E-state index contributed by atoms with van der Waals surface area (Å²) in [6.45, 7) is 3.50. The van der Waals surface area contributed by atoms with Gasteiger partial charge in [-0.15, -0.1) is 0 Å². The Kier molecular flexibility index (Phi) is 29.6. The monoisotopic (exact) mass is 640 g/mol. The summed E-state index contributed by atoms with van der Waals surface area (Å²) in [5, 5.41) is 0. The fourth-order valence-electron chi connectivity index (χ4n) is 4.36. The third-order valence-corrected chi connectivity index (χ3v) is 7.35. The maximum Gasteiger partial charge on any atom is 0.469 e. The number of carbonyl (C=O) groups is 2. The Morgan fingerprint density at radius 1 is 0.614 bits per heavy atom.